The van der Waals surface area contributed by atoms with Gasteiger partial charge in [-0.1, -0.05) is 59.9 Å². The van der Waals surface area contributed by atoms with Crippen LogP contribution in [0.5, 0.6) is 0 Å². The van der Waals surface area contributed by atoms with Crippen molar-refractivity contribution in [3.63, 3.8) is 0 Å². The summed E-state index contributed by atoms with van der Waals surface area (Å²) in [7, 11) is 0. The number of allylic oxidation sites excluding steroid dienone is 2. The first-order valence-corrected chi connectivity index (χ1v) is 12.6. The van der Waals surface area contributed by atoms with E-state index >= 15 is 0 Å². The maximum Gasteiger partial charge on any atom is 0.325 e. The molecule has 2 aliphatic rings. The third-order valence-electron chi connectivity index (χ3n) is 5.08. The molecule has 0 N–H and O–H groups in total. The van der Waals surface area contributed by atoms with Crippen LogP contribution in [-0.4, -0.2) is 43.6 Å². The second-order valence-corrected chi connectivity index (χ2v) is 9.48. The van der Waals surface area contributed by atoms with Gasteiger partial charge in [-0.05, 0) is 44.2 Å². The number of para-hydroxylation sites is 2. The molecule has 33 heavy (non-hydrogen) atoms. The summed E-state index contributed by atoms with van der Waals surface area (Å²) in [5.74, 6) is -0.499. The number of benzene rings is 2. The van der Waals surface area contributed by atoms with E-state index in [0.717, 1.165) is 26.2 Å². The summed E-state index contributed by atoms with van der Waals surface area (Å²) in [5, 5.41) is 0.925. The van der Waals surface area contributed by atoms with E-state index in [1.807, 2.05) is 73.4 Å². The maximum atomic E-state index is 12.2. The van der Waals surface area contributed by atoms with Crippen molar-refractivity contribution in [3.8, 4) is 0 Å². The molecule has 0 saturated heterocycles. The molecule has 0 aliphatic carbocycles. The van der Waals surface area contributed by atoms with Gasteiger partial charge in [-0.15, -0.1) is 0 Å². The standard InChI is InChI=1S/C25H26N2O4S2/c1-3-30-24(28)16-26-18-10-5-7-12-20(18)32-22(26)14-9-15-23-27(17-25(29)31-4-2)19-11-6-8-13-21(19)33-23/h5-15,22H,3-4,16-17H2,1-2H3. The van der Waals surface area contributed by atoms with Crippen molar-refractivity contribution in [2.45, 2.75) is 29.0 Å². The molecule has 172 valence electrons. The number of rotatable bonds is 8. The van der Waals surface area contributed by atoms with Gasteiger partial charge in [-0.25, -0.2) is 0 Å². The highest BCUT2D eigenvalue weighted by Crippen LogP contribution is 2.46. The topological polar surface area (TPSA) is 59.1 Å². The number of nitrogens with zero attached hydrogens (tertiary/aromatic N) is 2. The molecule has 8 heteroatoms. The predicted molar refractivity (Wildman–Crippen MR) is 134 cm³/mol. The van der Waals surface area contributed by atoms with Crippen molar-refractivity contribution in [3.05, 3.63) is 71.8 Å². The molecule has 1 atom stereocenters. The molecule has 0 saturated carbocycles. The maximum absolute atomic E-state index is 12.2. The molecule has 0 spiro atoms. The molecule has 0 bridgehead atoms. The molecule has 2 aliphatic heterocycles. The van der Waals surface area contributed by atoms with Crippen molar-refractivity contribution < 1.29 is 19.1 Å². The second-order valence-electron chi connectivity index (χ2n) is 7.26. The molecular formula is C25H26N2O4S2. The zero-order valence-corrected chi connectivity index (χ0v) is 20.2. The molecule has 2 aromatic carbocycles. The Hall–Kier alpha value is -2.84. The summed E-state index contributed by atoms with van der Waals surface area (Å²) in [6.45, 7) is 4.70. The van der Waals surface area contributed by atoms with Gasteiger partial charge in [-0.3, -0.25) is 9.59 Å². The largest absolute Gasteiger partial charge is 0.465 e. The lowest BCUT2D eigenvalue weighted by atomic mass is 10.2. The van der Waals surface area contributed by atoms with E-state index < -0.39 is 0 Å². The fraction of sp³-hybridized carbons (Fsp3) is 0.280. The minimum Gasteiger partial charge on any atom is -0.465 e. The van der Waals surface area contributed by atoms with Crippen LogP contribution in [0.3, 0.4) is 0 Å². The Balaban J connectivity index is 1.54. The van der Waals surface area contributed by atoms with Crippen LogP contribution in [0.2, 0.25) is 0 Å². The third kappa shape index (κ3) is 5.39. The van der Waals surface area contributed by atoms with Crippen LogP contribution >= 0.6 is 23.5 Å². The summed E-state index contributed by atoms with van der Waals surface area (Å²) in [5.41, 5.74) is 2.03. The Labute approximate surface area is 202 Å². The number of thioether (sulfide) groups is 2. The predicted octanol–water partition coefficient (Wildman–Crippen LogP) is 5.06. The molecule has 6 nitrogen and oxygen atoms in total. The molecule has 0 fully saturated rings. The van der Waals surface area contributed by atoms with E-state index in [1.165, 1.54) is 0 Å². The van der Waals surface area contributed by atoms with Crippen LogP contribution in [0.25, 0.3) is 0 Å². The first-order chi connectivity index (χ1) is 16.1. The lowest BCUT2D eigenvalue weighted by molar-refractivity contribution is -0.142. The summed E-state index contributed by atoms with van der Waals surface area (Å²) in [6.07, 6.45) is 6.08. The van der Waals surface area contributed by atoms with Crippen molar-refractivity contribution >= 4 is 46.8 Å². The van der Waals surface area contributed by atoms with Gasteiger partial charge >= 0.3 is 11.9 Å². The van der Waals surface area contributed by atoms with Crippen molar-refractivity contribution in [2.75, 3.05) is 36.1 Å². The summed E-state index contributed by atoms with van der Waals surface area (Å²) in [6, 6.07) is 16.1. The Kier molecular flexibility index (Phi) is 7.67. The summed E-state index contributed by atoms with van der Waals surface area (Å²) >= 11 is 3.33. The van der Waals surface area contributed by atoms with Gasteiger partial charge < -0.3 is 19.3 Å². The number of ether oxygens (including phenoxy) is 2. The highest BCUT2D eigenvalue weighted by molar-refractivity contribution is 8.03. The van der Waals surface area contributed by atoms with Crippen molar-refractivity contribution in [1.82, 2.24) is 0 Å². The van der Waals surface area contributed by atoms with Crippen LogP contribution in [0.4, 0.5) is 11.4 Å². The molecule has 2 heterocycles. The van der Waals surface area contributed by atoms with Gasteiger partial charge in [0.1, 0.15) is 13.1 Å². The molecular weight excluding hydrogens is 456 g/mol. The SMILES string of the molecule is CCOC(=O)CN1C(=CC=CC2Sc3ccccc3N2CC(=O)OCC)Sc2ccccc21. The Morgan fingerprint density at radius 3 is 2.27 bits per heavy atom. The van der Waals surface area contributed by atoms with Crippen LogP contribution < -0.4 is 9.80 Å². The van der Waals surface area contributed by atoms with Gasteiger partial charge in [0.05, 0.1) is 35.0 Å². The van der Waals surface area contributed by atoms with E-state index in [1.54, 1.807) is 23.5 Å². The zero-order valence-electron chi connectivity index (χ0n) is 18.6. The van der Waals surface area contributed by atoms with Gasteiger partial charge in [0.25, 0.3) is 0 Å². The molecule has 1 unspecified atom stereocenters. The quantitative estimate of drug-likeness (QED) is 0.484. The molecule has 0 amide bonds. The van der Waals surface area contributed by atoms with Crippen LogP contribution in [-0.2, 0) is 19.1 Å². The Morgan fingerprint density at radius 1 is 0.909 bits per heavy atom. The highest BCUT2D eigenvalue weighted by Gasteiger charge is 2.30. The molecule has 0 aromatic heterocycles. The third-order valence-corrected chi connectivity index (χ3v) is 7.46. The number of esters is 2. The lowest BCUT2D eigenvalue weighted by Crippen LogP contribution is -2.34. The molecule has 0 radical (unpaired) electrons. The minimum atomic E-state index is -0.257. The first-order valence-electron chi connectivity index (χ1n) is 10.9. The smallest absolute Gasteiger partial charge is 0.325 e. The van der Waals surface area contributed by atoms with Crippen molar-refractivity contribution in [1.29, 1.82) is 0 Å². The van der Waals surface area contributed by atoms with Crippen molar-refractivity contribution in [2.24, 2.45) is 0 Å². The summed E-state index contributed by atoms with van der Waals surface area (Å²) in [4.78, 5) is 30.7. The molecule has 2 aromatic rings. The Bertz CT molecular complexity index is 1090. The summed E-state index contributed by atoms with van der Waals surface area (Å²) < 4.78 is 10.4. The highest BCUT2D eigenvalue weighted by atomic mass is 32.2. The van der Waals surface area contributed by atoms with Gasteiger partial charge in [0.2, 0.25) is 0 Å². The average molecular weight is 483 g/mol. The fourth-order valence-corrected chi connectivity index (χ4v) is 5.98. The number of carbonyl (C=O) groups excluding carboxylic acids is 2. The number of hydrogen-bond donors (Lipinski definition) is 0. The number of hydrogen-bond acceptors (Lipinski definition) is 8. The van der Waals surface area contributed by atoms with E-state index in [-0.39, 0.29) is 30.4 Å². The van der Waals surface area contributed by atoms with Gasteiger partial charge in [0.15, 0.2) is 0 Å². The average Bonchev–Trinajstić information content (AvgIpc) is 3.32. The van der Waals surface area contributed by atoms with Crippen LogP contribution in [0, 0.1) is 0 Å². The van der Waals surface area contributed by atoms with E-state index in [0.29, 0.717) is 13.2 Å². The minimum absolute atomic E-state index is 0.0315. The van der Waals surface area contributed by atoms with E-state index in [2.05, 4.69) is 17.0 Å². The van der Waals surface area contributed by atoms with E-state index in [9.17, 15) is 9.59 Å². The Morgan fingerprint density at radius 2 is 1.55 bits per heavy atom. The monoisotopic (exact) mass is 482 g/mol. The number of carbonyl (C=O) groups is 2. The van der Waals surface area contributed by atoms with Crippen LogP contribution in [0.15, 0.2) is 81.6 Å². The fourth-order valence-electron chi connectivity index (χ4n) is 3.70. The molecule has 4 rings (SSSR count). The van der Waals surface area contributed by atoms with E-state index in [4.69, 9.17) is 9.47 Å². The second kappa shape index (κ2) is 10.9. The first kappa shape index (κ1) is 23.3. The zero-order chi connectivity index (χ0) is 23.2. The van der Waals surface area contributed by atoms with Crippen LogP contribution in [0.1, 0.15) is 13.8 Å². The normalized spacial score (nSPS) is 18.0. The van der Waals surface area contributed by atoms with Gasteiger partial charge in [-0.2, -0.15) is 0 Å². The number of fused-ring (bicyclic) bond motifs is 2. The number of anilines is 2. The van der Waals surface area contributed by atoms with Gasteiger partial charge in [0, 0.05) is 9.79 Å². The lowest BCUT2D eigenvalue weighted by Gasteiger charge is -2.23.